The fraction of sp³-hybridized carbons (Fsp3) is 0.300. The van der Waals surface area contributed by atoms with Crippen molar-refractivity contribution in [1.29, 1.82) is 5.26 Å². The van der Waals surface area contributed by atoms with Crippen LogP contribution < -0.4 is 10.5 Å². The molecule has 14 heavy (non-hydrogen) atoms. The summed E-state index contributed by atoms with van der Waals surface area (Å²) in [5.74, 6) is 0.725. The number of rotatable bonds is 2. The van der Waals surface area contributed by atoms with Gasteiger partial charge in [-0.1, -0.05) is 6.07 Å². The van der Waals surface area contributed by atoms with Gasteiger partial charge in [0.15, 0.2) is 0 Å². The summed E-state index contributed by atoms with van der Waals surface area (Å²) in [6.07, 6.45) is 0. The van der Waals surface area contributed by atoms with Crippen molar-refractivity contribution in [2.45, 2.75) is 12.5 Å². The normalized spacial score (nSPS) is 14.2. The minimum Gasteiger partial charge on any atom is -0.496 e. The predicted molar refractivity (Wildman–Crippen MR) is 57.8 cm³/mol. The lowest BCUT2D eigenvalue weighted by atomic mass is 9.95. The Kier molecular flexibility index (Phi) is 3.14. The van der Waals surface area contributed by atoms with Crippen LogP contribution in [0.2, 0.25) is 0 Å². The molecule has 0 saturated heterocycles. The lowest BCUT2D eigenvalue weighted by molar-refractivity contribution is 0.411. The quantitative estimate of drug-likeness (QED) is 0.880. The molecule has 1 aromatic carbocycles. The number of hydrogen-bond acceptors (Lipinski definition) is 3. The summed E-state index contributed by atoms with van der Waals surface area (Å²) in [4.78, 5) is 0. The summed E-state index contributed by atoms with van der Waals surface area (Å²) in [7, 11) is 1.59. The van der Waals surface area contributed by atoms with Crippen molar-refractivity contribution in [3.8, 4) is 11.8 Å². The van der Waals surface area contributed by atoms with Gasteiger partial charge in [-0.25, -0.2) is 0 Å². The van der Waals surface area contributed by atoms with E-state index in [4.69, 9.17) is 15.7 Å². The molecule has 0 radical (unpaired) electrons. The second kappa shape index (κ2) is 3.99. The van der Waals surface area contributed by atoms with Crippen LogP contribution in [0.1, 0.15) is 12.5 Å². The smallest absolute Gasteiger partial charge is 0.133 e. The molecular weight excluding hydrogens is 244 g/mol. The number of hydrogen-bond donors (Lipinski definition) is 1. The summed E-state index contributed by atoms with van der Waals surface area (Å²) in [5.41, 5.74) is 5.57. The van der Waals surface area contributed by atoms with Crippen LogP contribution in [0, 0.1) is 11.3 Å². The van der Waals surface area contributed by atoms with Gasteiger partial charge in [0.2, 0.25) is 0 Å². The highest BCUT2D eigenvalue weighted by atomic mass is 79.9. The molecule has 3 nitrogen and oxygen atoms in total. The molecule has 1 rings (SSSR count). The zero-order chi connectivity index (χ0) is 10.8. The third kappa shape index (κ3) is 2.06. The summed E-state index contributed by atoms with van der Waals surface area (Å²) >= 11 is 3.34. The lowest BCUT2D eigenvalue weighted by Crippen LogP contribution is -2.30. The molecule has 1 aromatic rings. The van der Waals surface area contributed by atoms with Gasteiger partial charge >= 0.3 is 0 Å². The molecule has 0 aliphatic heterocycles. The van der Waals surface area contributed by atoms with Crippen LogP contribution in [0.3, 0.4) is 0 Å². The van der Waals surface area contributed by atoms with E-state index >= 15 is 0 Å². The molecule has 1 atom stereocenters. The highest BCUT2D eigenvalue weighted by Crippen LogP contribution is 2.29. The van der Waals surface area contributed by atoms with Gasteiger partial charge < -0.3 is 10.5 Å². The van der Waals surface area contributed by atoms with Gasteiger partial charge in [-0.15, -0.1) is 0 Å². The Labute approximate surface area is 91.6 Å². The molecule has 0 saturated carbocycles. The summed E-state index contributed by atoms with van der Waals surface area (Å²) in [5, 5.41) is 8.84. The minimum atomic E-state index is -0.964. The first-order valence-electron chi connectivity index (χ1n) is 4.05. The maximum absolute atomic E-state index is 8.84. The highest BCUT2D eigenvalue weighted by Gasteiger charge is 2.21. The van der Waals surface area contributed by atoms with Crippen LogP contribution in [0.4, 0.5) is 0 Å². The molecular formula is C10H11BrN2O. The van der Waals surface area contributed by atoms with Gasteiger partial charge in [0.25, 0.3) is 0 Å². The monoisotopic (exact) mass is 254 g/mol. The van der Waals surface area contributed by atoms with Gasteiger partial charge in [-0.3, -0.25) is 0 Å². The van der Waals surface area contributed by atoms with Crippen LogP contribution in [-0.2, 0) is 5.54 Å². The van der Waals surface area contributed by atoms with Crippen LogP contribution in [0.15, 0.2) is 22.7 Å². The Bertz CT molecular complexity index is 382. The number of benzene rings is 1. The van der Waals surface area contributed by atoms with E-state index in [-0.39, 0.29) is 0 Å². The number of nitrogens with two attached hydrogens (primary N) is 1. The standard InChI is InChI=1S/C10H11BrN2O/c1-10(13,6-12)7-3-4-9(14-2)8(11)5-7/h3-5H,13H2,1-2H3/t10-/m0/s1. The SMILES string of the molecule is COc1ccc([C@@](C)(N)C#N)cc1Br. The fourth-order valence-electron chi connectivity index (χ4n) is 1.05. The lowest BCUT2D eigenvalue weighted by Gasteiger charge is -2.16. The fourth-order valence-corrected chi connectivity index (χ4v) is 1.59. The topological polar surface area (TPSA) is 59.0 Å². The Hall–Kier alpha value is -1.05. The van der Waals surface area contributed by atoms with E-state index in [0.29, 0.717) is 0 Å². The zero-order valence-corrected chi connectivity index (χ0v) is 9.63. The maximum atomic E-state index is 8.84. The predicted octanol–water partition coefficient (Wildman–Crippen LogP) is 2.16. The van der Waals surface area contributed by atoms with Crippen molar-refractivity contribution in [2.75, 3.05) is 7.11 Å². The number of halogens is 1. The van der Waals surface area contributed by atoms with Crippen LogP contribution in [0.25, 0.3) is 0 Å². The van der Waals surface area contributed by atoms with E-state index in [1.165, 1.54) is 0 Å². The molecule has 0 aromatic heterocycles. The molecule has 0 heterocycles. The second-order valence-corrected chi connectivity index (χ2v) is 4.02. The number of nitrogens with zero attached hydrogens (tertiary/aromatic N) is 1. The van der Waals surface area contributed by atoms with Gasteiger partial charge in [0.1, 0.15) is 11.3 Å². The van der Waals surface area contributed by atoms with E-state index in [9.17, 15) is 0 Å². The van der Waals surface area contributed by atoms with Crippen LogP contribution >= 0.6 is 15.9 Å². The molecule has 0 aliphatic rings. The number of nitriles is 1. The van der Waals surface area contributed by atoms with Gasteiger partial charge in [-0.2, -0.15) is 5.26 Å². The third-order valence-electron chi connectivity index (χ3n) is 1.98. The highest BCUT2D eigenvalue weighted by molar-refractivity contribution is 9.10. The van der Waals surface area contributed by atoms with Gasteiger partial charge in [0, 0.05) is 0 Å². The maximum Gasteiger partial charge on any atom is 0.133 e. The Balaban J connectivity index is 3.17. The molecule has 0 bridgehead atoms. The first kappa shape index (κ1) is 11.0. The third-order valence-corrected chi connectivity index (χ3v) is 2.60. The largest absolute Gasteiger partial charge is 0.496 e. The zero-order valence-electron chi connectivity index (χ0n) is 8.04. The van der Waals surface area contributed by atoms with Crippen molar-refractivity contribution in [1.82, 2.24) is 0 Å². The van der Waals surface area contributed by atoms with E-state index in [1.54, 1.807) is 32.2 Å². The summed E-state index contributed by atoms with van der Waals surface area (Å²) in [6.45, 7) is 1.67. The van der Waals surface area contributed by atoms with Crippen molar-refractivity contribution in [2.24, 2.45) is 5.73 Å². The average Bonchev–Trinajstić information content (AvgIpc) is 2.17. The molecule has 2 N–H and O–H groups in total. The Morgan fingerprint density at radius 1 is 1.57 bits per heavy atom. The van der Waals surface area contributed by atoms with Crippen molar-refractivity contribution in [3.63, 3.8) is 0 Å². The van der Waals surface area contributed by atoms with Gasteiger partial charge in [0.05, 0.1) is 17.7 Å². The summed E-state index contributed by atoms with van der Waals surface area (Å²) in [6, 6.07) is 7.40. The Morgan fingerprint density at radius 2 is 2.21 bits per heavy atom. The van der Waals surface area contributed by atoms with E-state index in [1.807, 2.05) is 6.07 Å². The van der Waals surface area contributed by atoms with E-state index < -0.39 is 5.54 Å². The minimum absolute atomic E-state index is 0.725. The number of ether oxygens (including phenoxy) is 1. The second-order valence-electron chi connectivity index (χ2n) is 3.16. The molecule has 74 valence electrons. The first-order valence-corrected chi connectivity index (χ1v) is 4.84. The van der Waals surface area contributed by atoms with Crippen LogP contribution in [0.5, 0.6) is 5.75 Å². The number of methoxy groups -OCH3 is 1. The molecule has 4 heteroatoms. The van der Waals surface area contributed by atoms with Crippen molar-refractivity contribution < 1.29 is 4.74 Å². The van der Waals surface area contributed by atoms with Crippen molar-refractivity contribution in [3.05, 3.63) is 28.2 Å². The molecule has 0 unspecified atom stereocenters. The van der Waals surface area contributed by atoms with E-state index in [2.05, 4.69) is 15.9 Å². The Morgan fingerprint density at radius 3 is 2.64 bits per heavy atom. The first-order chi connectivity index (χ1) is 6.51. The van der Waals surface area contributed by atoms with Gasteiger partial charge in [-0.05, 0) is 40.5 Å². The average molecular weight is 255 g/mol. The molecule has 0 amide bonds. The molecule has 0 fully saturated rings. The van der Waals surface area contributed by atoms with E-state index in [0.717, 1.165) is 15.8 Å². The molecule has 0 spiro atoms. The molecule has 0 aliphatic carbocycles. The van der Waals surface area contributed by atoms with Crippen molar-refractivity contribution >= 4 is 15.9 Å². The summed E-state index contributed by atoms with van der Waals surface area (Å²) < 4.78 is 5.87. The van der Waals surface area contributed by atoms with Crippen LogP contribution in [-0.4, -0.2) is 7.11 Å².